The molecule has 1 aliphatic carbocycles. The average Bonchev–Trinajstić information content (AvgIpc) is 3.39. The number of benzene rings is 4. The van der Waals surface area contributed by atoms with Gasteiger partial charge >= 0.3 is 0 Å². The van der Waals surface area contributed by atoms with Gasteiger partial charge in [-0.2, -0.15) is 0 Å². The maximum atomic E-state index is 5.12. The third-order valence-electron chi connectivity index (χ3n) is 8.41. The zero-order valence-corrected chi connectivity index (χ0v) is 25.2. The van der Waals surface area contributed by atoms with Gasteiger partial charge in [0.05, 0.1) is 16.9 Å². The van der Waals surface area contributed by atoms with E-state index >= 15 is 0 Å². The van der Waals surface area contributed by atoms with E-state index in [0.29, 0.717) is 0 Å². The van der Waals surface area contributed by atoms with E-state index in [1.807, 2.05) is 6.07 Å². The van der Waals surface area contributed by atoms with Crippen LogP contribution in [0.15, 0.2) is 140 Å². The maximum absolute atomic E-state index is 5.12. The minimum Gasteiger partial charge on any atom is -0.310 e. The van der Waals surface area contributed by atoms with Gasteiger partial charge in [0.15, 0.2) is 0 Å². The van der Waals surface area contributed by atoms with Crippen molar-refractivity contribution in [3.63, 3.8) is 0 Å². The zero-order valence-electron chi connectivity index (χ0n) is 25.2. The standard InChI is InChI=1S/C41H35N3/c1-3-4-24-39-29(2)36-23-11-12-25-40(36)44(39)35-22-14-20-33(27-35)32-19-13-21-34(26-32)38-28-37(30-15-7-5-8-16-30)42-41(43-38)31-17-9-6-10-18-31/h4-17,19-28,31H,3,18H2,1-2H3/b24-4-. The Hall–Kier alpha value is -5.28. The maximum Gasteiger partial charge on any atom is 0.136 e. The van der Waals surface area contributed by atoms with Crippen molar-refractivity contribution < 1.29 is 0 Å². The lowest BCUT2D eigenvalue weighted by atomic mass is 9.98. The van der Waals surface area contributed by atoms with Crippen LogP contribution in [0.4, 0.5) is 0 Å². The molecule has 4 aromatic carbocycles. The molecule has 0 amide bonds. The second kappa shape index (κ2) is 12.1. The lowest BCUT2D eigenvalue weighted by molar-refractivity contribution is 0.775. The predicted molar refractivity (Wildman–Crippen MR) is 185 cm³/mol. The van der Waals surface area contributed by atoms with Gasteiger partial charge < -0.3 is 4.57 Å². The molecule has 0 spiro atoms. The largest absolute Gasteiger partial charge is 0.310 e. The van der Waals surface area contributed by atoms with E-state index in [0.717, 1.165) is 52.4 Å². The van der Waals surface area contributed by atoms with Crippen LogP contribution in [0.3, 0.4) is 0 Å². The highest BCUT2D eigenvalue weighted by Gasteiger charge is 2.17. The number of para-hydroxylation sites is 1. The number of aryl methyl sites for hydroxylation is 1. The summed E-state index contributed by atoms with van der Waals surface area (Å²) in [6.07, 6.45) is 15.0. The molecule has 7 rings (SSSR count). The lowest BCUT2D eigenvalue weighted by Crippen LogP contribution is -2.05. The van der Waals surface area contributed by atoms with E-state index < -0.39 is 0 Å². The monoisotopic (exact) mass is 569 g/mol. The Morgan fingerprint density at radius 1 is 0.727 bits per heavy atom. The molecule has 1 unspecified atom stereocenters. The van der Waals surface area contributed by atoms with Crippen molar-refractivity contribution in [2.45, 2.75) is 32.6 Å². The van der Waals surface area contributed by atoms with Crippen LogP contribution in [0.1, 0.15) is 42.8 Å². The first-order chi connectivity index (χ1) is 21.7. The van der Waals surface area contributed by atoms with Gasteiger partial charge in [-0.3, -0.25) is 0 Å². The van der Waals surface area contributed by atoms with E-state index in [-0.39, 0.29) is 5.92 Å². The number of hydrogen-bond acceptors (Lipinski definition) is 2. The summed E-state index contributed by atoms with van der Waals surface area (Å²) in [6, 6.07) is 38.8. The van der Waals surface area contributed by atoms with Crippen molar-refractivity contribution in [1.29, 1.82) is 0 Å². The van der Waals surface area contributed by atoms with Crippen LogP contribution >= 0.6 is 0 Å². The first-order valence-corrected chi connectivity index (χ1v) is 15.4. The Labute approximate surface area is 259 Å². The SMILES string of the molecule is CC/C=C\c1c(C)c2ccccc2n1-c1cccc(-c2cccc(-c3cc(-c4ccccc4)nc(C4C=CC=CC4)n3)c2)c1. The summed E-state index contributed by atoms with van der Waals surface area (Å²) < 4.78 is 2.39. The quantitative estimate of drug-likeness (QED) is 0.191. The average molecular weight is 570 g/mol. The van der Waals surface area contributed by atoms with Gasteiger partial charge in [0.2, 0.25) is 0 Å². The Bertz CT molecular complexity index is 2040. The highest BCUT2D eigenvalue weighted by atomic mass is 15.0. The summed E-state index contributed by atoms with van der Waals surface area (Å²) >= 11 is 0. The summed E-state index contributed by atoms with van der Waals surface area (Å²) in [5.41, 5.74) is 11.3. The smallest absolute Gasteiger partial charge is 0.136 e. The Balaban J connectivity index is 1.32. The highest BCUT2D eigenvalue weighted by Crippen LogP contribution is 2.34. The zero-order chi connectivity index (χ0) is 29.9. The van der Waals surface area contributed by atoms with Crippen molar-refractivity contribution in [3.05, 3.63) is 157 Å². The van der Waals surface area contributed by atoms with Crippen molar-refractivity contribution in [2.75, 3.05) is 0 Å². The fraction of sp³-hybridized carbons (Fsp3) is 0.122. The summed E-state index contributed by atoms with van der Waals surface area (Å²) in [6.45, 7) is 4.40. The Kier molecular flexibility index (Phi) is 7.60. The lowest BCUT2D eigenvalue weighted by Gasteiger charge is -2.15. The van der Waals surface area contributed by atoms with Gasteiger partial charge in [-0.15, -0.1) is 0 Å². The topological polar surface area (TPSA) is 30.7 Å². The van der Waals surface area contributed by atoms with Crippen LogP contribution in [-0.4, -0.2) is 14.5 Å². The highest BCUT2D eigenvalue weighted by molar-refractivity contribution is 5.90. The van der Waals surface area contributed by atoms with Crippen LogP contribution in [0.5, 0.6) is 0 Å². The van der Waals surface area contributed by atoms with Crippen LogP contribution in [0.2, 0.25) is 0 Å². The second-order valence-corrected chi connectivity index (χ2v) is 11.3. The van der Waals surface area contributed by atoms with Gasteiger partial charge in [-0.25, -0.2) is 9.97 Å². The molecule has 0 saturated carbocycles. The molecule has 0 saturated heterocycles. The number of hydrogen-bond donors (Lipinski definition) is 0. The van der Waals surface area contributed by atoms with Gasteiger partial charge in [0.1, 0.15) is 5.82 Å². The van der Waals surface area contributed by atoms with Crippen molar-refractivity contribution in [1.82, 2.24) is 14.5 Å². The molecular formula is C41H35N3. The number of allylic oxidation sites excluding steroid dienone is 5. The van der Waals surface area contributed by atoms with Crippen molar-refractivity contribution in [3.8, 4) is 39.3 Å². The van der Waals surface area contributed by atoms with E-state index in [2.05, 4.69) is 158 Å². The van der Waals surface area contributed by atoms with Crippen LogP contribution in [0.25, 0.3) is 56.3 Å². The van der Waals surface area contributed by atoms with Gasteiger partial charge in [0, 0.05) is 33.8 Å². The van der Waals surface area contributed by atoms with E-state index in [1.54, 1.807) is 0 Å². The fourth-order valence-corrected chi connectivity index (χ4v) is 6.12. The molecule has 44 heavy (non-hydrogen) atoms. The molecule has 0 N–H and O–H groups in total. The summed E-state index contributed by atoms with van der Waals surface area (Å²) in [7, 11) is 0. The molecule has 3 heteroatoms. The normalized spacial score (nSPS) is 14.5. The fourth-order valence-electron chi connectivity index (χ4n) is 6.12. The molecule has 1 atom stereocenters. The van der Waals surface area contributed by atoms with Crippen LogP contribution < -0.4 is 0 Å². The number of rotatable bonds is 7. The predicted octanol–water partition coefficient (Wildman–Crippen LogP) is 10.8. The van der Waals surface area contributed by atoms with E-state index in [9.17, 15) is 0 Å². The van der Waals surface area contributed by atoms with Gasteiger partial charge in [-0.1, -0.05) is 116 Å². The number of fused-ring (bicyclic) bond motifs is 1. The van der Waals surface area contributed by atoms with Crippen molar-refractivity contribution >= 4 is 17.0 Å². The van der Waals surface area contributed by atoms with Gasteiger partial charge in [-0.05, 0) is 72.9 Å². The summed E-state index contributed by atoms with van der Waals surface area (Å²) in [4.78, 5) is 10.2. The molecule has 0 fully saturated rings. The third kappa shape index (κ3) is 5.33. The molecule has 214 valence electrons. The first kappa shape index (κ1) is 27.5. The third-order valence-corrected chi connectivity index (χ3v) is 8.41. The molecule has 3 nitrogen and oxygen atoms in total. The molecule has 0 aliphatic heterocycles. The van der Waals surface area contributed by atoms with Gasteiger partial charge in [0.25, 0.3) is 0 Å². The summed E-state index contributed by atoms with van der Waals surface area (Å²) in [5, 5.41) is 1.28. The van der Waals surface area contributed by atoms with E-state index in [4.69, 9.17) is 9.97 Å². The first-order valence-electron chi connectivity index (χ1n) is 15.4. The molecule has 2 aromatic heterocycles. The molecule has 1 aliphatic rings. The summed E-state index contributed by atoms with van der Waals surface area (Å²) in [5.74, 6) is 1.02. The van der Waals surface area contributed by atoms with E-state index in [1.165, 1.54) is 27.7 Å². The minimum atomic E-state index is 0.165. The minimum absolute atomic E-state index is 0.165. The molecule has 2 heterocycles. The van der Waals surface area contributed by atoms with Crippen LogP contribution in [-0.2, 0) is 0 Å². The second-order valence-electron chi connectivity index (χ2n) is 11.3. The molecule has 0 bridgehead atoms. The van der Waals surface area contributed by atoms with Crippen LogP contribution in [0, 0.1) is 6.92 Å². The molecule has 6 aromatic rings. The number of aromatic nitrogens is 3. The molecular weight excluding hydrogens is 534 g/mol. The Morgan fingerprint density at radius 3 is 2.23 bits per heavy atom. The molecule has 0 radical (unpaired) electrons. The number of nitrogens with zero attached hydrogens (tertiary/aromatic N) is 3. The Morgan fingerprint density at radius 2 is 1.43 bits per heavy atom. The van der Waals surface area contributed by atoms with Crippen molar-refractivity contribution in [2.24, 2.45) is 0 Å².